The van der Waals surface area contributed by atoms with Gasteiger partial charge in [0.1, 0.15) is 11.9 Å². The SMILES string of the molecule is COc1ccc(CN2C(=O)OC3CCNCC32)cc1. The molecule has 2 fully saturated rings. The van der Waals surface area contributed by atoms with Gasteiger partial charge in [-0.1, -0.05) is 12.1 Å². The Bertz CT molecular complexity index is 460. The summed E-state index contributed by atoms with van der Waals surface area (Å²) in [6, 6.07) is 7.94. The van der Waals surface area contributed by atoms with Crippen LogP contribution in [-0.2, 0) is 11.3 Å². The molecular formula is C14H18N2O3. The minimum atomic E-state index is -0.200. The number of methoxy groups -OCH3 is 1. The van der Waals surface area contributed by atoms with Crippen LogP contribution in [0, 0.1) is 0 Å². The number of amides is 1. The van der Waals surface area contributed by atoms with E-state index in [-0.39, 0.29) is 18.2 Å². The monoisotopic (exact) mass is 262 g/mol. The Labute approximate surface area is 112 Å². The molecule has 102 valence electrons. The van der Waals surface area contributed by atoms with Gasteiger partial charge >= 0.3 is 6.09 Å². The number of nitrogens with zero attached hydrogens (tertiary/aromatic N) is 1. The third-order valence-corrected chi connectivity index (χ3v) is 3.79. The molecular weight excluding hydrogens is 244 g/mol. The Hall–Kier alpha value is -1.75. The minimum absolute atomic E-state index is 0.0481. The van der Waals surface area contributed by atoms with Crippen molar-refractivity contribution in [3.05, 3.63) is 29.8 Å². The molecule has 1 aromatic carbocycles. The van der Waals surface area contributed by atoms with E-state index < -0.39 is 0 Å². The maximum absolute atomic E-state index is 11.9. The summed E-state index contributed by atoms with van der Waals surface area (Å²) >= 11 is 0. The Balaban J connectivity index is 1.72. The molecule has 0 aliphatic carbocycles. The summed E-state index contributed by atoms with van der Waals surface area (Å²) in [5, 5.41) is 3.32. The average Bonchev–Trinajstić information content (AvgIpc) is 2.76. The lowest BCUT2D eigenvalue weighted by atomic mass is 10.0. The smallest absolute Gasteiger partial charge is 0.410 e. The Morgan fingerprint density at radius 3 is 2.95 bits per heavy atom. The molecule has 2 unspecified atom stereocenters. The molecule has 0 aromatic heterocycles. The second-order valence-corrected chi connectivity index (χ2v) is 4.96. The van der Waals surface area contributed by atoms with Crippen LogP contribution in [0.3, 0.4) is 0 Å². The van der Waals surface area contributed by atoms with E-state index in [9.17, 15) is 4.79 Å². The molecule has 5 nitrogen and oxygen atoms in total. The molecule has 2 atom stereocenters. The van der Waals surface area contributed by atoms with Gasteiger partial charge in [-0.2, -0.15) is 0 Å². The second-order valence-electron chi connectivity index (χ2n) is 4.96. The fraction of sp³-hybridized carbons (Fsp3) is 0.500. The molecule has 5 heteroatoms. The van der Waals surface area contributed by atoms with Crippen LogP contribution in [0.5, 0.6) is 5.75 Å². The average molecular weight is 262 g/mol. The highest BCUT2D eigenvalue weighted by atomic mass is 16.6. The number of benzene rings is 1. The van der Waals surface area contributed by atoms with Gasteiger partial charge in [0.2, 0.25) is 0 Å². The first-order valence-electron chi connectivity index (χ1n) is 6.59. The maximum atomic E-state index is 11.9. The fourth-order valence-corrected chi connectivity index (χ4v) is 2.71. The largest absolute Gasteiger partial charge is 0.497 e. The number of hydrogen-bond acceptors (Lipinski definition) is 4. The molecule has 0 spiro atoms. The van der Waals surface area contributed by atoms with Gasteiger partial charge in [0.15, 0.2) is 0 Å². The van der Waals surface area contributed by atoms with Gasteiger partial charge in [0, 0.05) is 13.1 Å². The number of fused-ring (bicyclic) bond motifs is 1. The van der Waals surface area contributed by atoms with Crippen LogP contribution in [0.1, 0.15) is 12.0 Å². The van der Waals surface area contributed by atoms with Crippen molar-refractivity contribution >= 4 is 6.09 Å². The molecule has 19 heavy (non-hydrogen) atoms. The summed E-state index contributed by atoms with van der Waals surface area (Å²) in [5.41, 5.74) is 1.09. The van der Waals surface area contributed by atoms with E-state index in [4.69, 9.17) is 9.47 Å². The molecule has 1 aromatic rings. The van der Waals surface area contributed by atoms with E-state index in [1.807, 2.05) is 29.2 Å². The standard InChI is InChI=1S/C14H18N2O3/c1-18-11-4-2-10(3-5-11)9-16-12-8-15-7-6-13(12)19-14(16)17/h2-5,12-13,15H,6-9H2,1H3. The van der Waals surface area contributed by atoms with Crippen molar-refractivity contribution in [3.8, 4) is 5.75 Å². The first kappa shape index (κ1) is 12.3. The van der Waals surface area contributed by atoms with Crippen molar-refractivity contribution < 1.29 is 14.3 Å². The number of nitrogens with one attached hydrogen (secondary N) is 1. The van der Waals surface area contributed by atoms with Crippen LogP contribution in [-0.4, -0.2) is 43.3 Å². The molecule has 2 heterocycles. The lowest BCUT2D eigenvalue weighted by Crippen LogP contribution is -2.48. The van der Waals surface area contributed by atoms with Crippen LogP contribution >= 0.6 is 0 Å². The summed E-state index contributed by atoms with van der Waals surface area (Å²) in [6.45, 7) is 2.32. The lowest BCUT2D eigenvalue weighted by Gasteiger charge is -2.28. The Morgan fingerprint density at radius 1 is 1.42 bits per heavy atom. The van der Waals surface area contributed by atoms with Crippen LogP contribution < -0.4 is 10.1 Å². The van der Waals surface area contributed by atoms with Gasteiger partial charge in [-0.3, -0.25) is 4.90 Å². The molecule has 3 rings (SSSR count). The van der Waals surface area contributed by atoms with Crippen molar-refractivity contribution in [3.63, 3.8) is 0 Å². The predicted octanol–water partition coefficient (Wildman–Crippen LogP) is 1.38. The molecule has 2 aliphatic heterocycles. The molecule has 0 radical (unpaired) electrons. The normalized spacial score (nSPS) is 25.9. The van der Waals surface area contributed by atoms with E-state index in [0.29, 0.717) is 6.54 Å². The molecule has 1 amide bonds. The number of carbonyl (C=O) groups is 1. The van der Waals surface area contributed by atoms with Gasteiger partial charge in [-0.15, -0.1) is 0 Å². The van der Waals surface area contributed by atoms with Gasteiger partial charge in [-0.25, -0.2) is 4.79 Å². The zero-order chi connectivity index (χ0) is 13.2. The maximum Gasteiger partial charge on any atom is 0.410 e. The quantitative estimate of drug-likeness (QED) is 0.894. The molecule has 0 saturated carbocycles. The summed E-state index contributed by atoms with van der Waals surface area (Å²) in [6.07, 6.45) is 0.747. The van der Waals surface area contributed by atoms with E-state index in [0.717, 1.165) is 30.8 Å². The highest BCUT2D eigenvalue weighted by Gasteiger charge is 2.42. The number of ether oxygens (including phenoxy) is 2. The summed E-state index contributed by atoms with van der Waals surface area (Å²) in [4.78, 5) is 13.7. The number of piperidine rings is 1. The van der Waals surface area contributed by atoms with Crippen molar-refractivity contribution in [2.24, 2.45) is 0 Å². The topological polar surface area (TPSA) is 50.8 Å². The number of carbonyl (C=O) groups excluding carboxylic acids is 1. The van der Waals surface area contributed by atoms with Gasteiger partial charge in [0.25, 0.3) is 0 Å². The molecule has 1 N–H and O–H groups in total. The summed E-state index contributed by atoms with van der Waals surface area (Å²) in [7, 11) is 1.64. The van der Waals surface area contributed by atoms with Gasteiger partial charge in [0.05, 0.1) is 13.2 Å². The van der Waals surface area contributed by atoms with Crippen molar-refractivity contribution in [1.29, 1.82) is 0 Å². The predicted molar refractivity (Wildman–Crippen MR) is 70.1 cm³/mol. The Kier molecular flexibility index (Phi) is 3.29. The van der Waals surface area contributed by atoms with E-state index in [1.165, 1.54) is 0 Å². The van der Waals surface area contributed by atoms with Crippen LogP contribution in [0.25, 0.3) is 0 Å². The van der Waals surface area contributed by atoms with Crippen molar-refractivity contribution in [2.75, 3.05) is 20.2 Å². The Morgan fingerprint density at radius 2 is 2.21 bits per heavy atom. The minimum Gasteiger partial charge on any atom is -0.497 e. The van der Waals surface area contributed by atoms with Crippen molar-refractivity contribution in [2.45, 2.75) is 25.1 Å². The number of rotatable bonds is 3. The highest BCUT2D eigenvalue weighted by Crippen LogP contribution is 2.26. The van der Waals surface area contributed by atoms with Gasteiger partial charge < -0.3 is 14.8 Å². The zero-order valence-corrected chi connectivity index (χ0v) is 11.0. The zero-order valence-electron chi connectivity index (χ0n) is 11.0. The van der Waals surface area contributed by atoms with Crippen LogP contribution in [0.2, 0.25) is 0 Å². The summed E-state index contributed by atoms with van der Waals surface area (Å²) < 4.78 is 10.5. The second kappa shape index (κ2) is 5.09. The third-order valence-electron chi connectivity index (χ3n) is 3.79. The van der Waals surface area contributed by atoms with E-state index >= 15 is 0 Å². The van der Waals surface area contributed by atoms with Crippen molar-refractivity contribution in [1.82, 2.24) is 10.2 Å². The van der Waals surface area contributed by atoms with Gasteiger partial charge in [-0.05, 0) is 30.7 Å². The number of hydrogen-bond donors (Lipinski definition) is 1. The van der Waals surface area contributed by atoms with E-state index in [2.05, 4.69) is 5.32 Å². The third kappa shape index (κ3) is 2.38. The first-order chi connectivity index (χ1) is 9.28. The molecule has 2 saturated heterocycles. The fourth-order valence-electron chi connectivity index (χ4n) is 2.71. The molecule has 0 bridgehead atoms. The van der Waals surface area contributed by atoms with Crippen LogP contribution in [0.15, 0.2) is 24.3 Å². The lowest BCUT2D eigenvalue weighted by molar-refractivity contribution is 0.117. The molecule has 2 aliphatic rings. The van der Waals surface area contributed by atoms with Crippen LogP contribution in [0.4, 0.5) is 4.79 Å². The first-order valence-corrected chi connectivity index (χ1v) is 6.59. The highest BCUT2D eigenvalue weighted by molar-refractivity contribution is 5.71. The van der Waals surface area contributed by atoms with E-state index in [1.54, 1.807) is 7.11 Å². The summed E-state index contributed by atoms with van der Waals surface area (Å²) in [5.74, 6) is 0.824.